The van der Waals surface area contributed by atoms with E-state index in [0.29, 0.717) is 52.2 Å². The lowest BCUT2D eigenvalue weighted by atomic mass is 9.82. The molecule has 1 aromatic heterocycles. The van der Waals surface area contributed by atoms with Gasteiger partial charge in [-0.25, -0.2) is 9.37 Å². The third kappa shape index (κ3) is 3.22. The van der Waals surface area contributed by atoms with Gasteiger partial charge in [-0.15, -0.1) is 0 Å². The van der Waals surface area contributed by atoms with Crippen molar-refractivity contribution < 1.29 is 18.7 Å². The fraction of sp³-hybridized carbons (Fsp3) is 0.722. The molecule has 2 aliphatic heterocycles. The van der Waals surface area contributed by atoms with E-state index >= 15 is 0 Å². The summed E-state index contributed by atoms with van der Waals surface area (Å²) >= 11 is 0. The SMILES string of the molecule is C[C@H]1c2nc(CC(=O)N3CCOCC3)cn2CCN1C(=O)C1CC(F)C1. The van der Waals surface area contributed by atoms with Crippen molar-refractivity contribution in [3.8, 4) is 0 Å². The molecular formula is C18H25FN4O3. The topological polar surface area (TPSA) is 67.7 Å². The first-order chi connectivity index (χ1) is 12.5. The van der Waals surface area contributed by atoms with Crippen LogP contribution in [0.1, 0.15) is 37.3 Å². The van der Waals surface area contributed by atoms with Gasteiger partial charge in [0.05, 0.1) is 31.4 Å². The minimum atomic E-state index is -0.830. The monoisotopic (exact) mass is 364 g/mol. The third-order valence-electron chi connectivity index (χ3n) is 5.69. The van der Waals surface area contributed by atoms with Crippen LogP contribution in [0.2, 0.25) is 0 Å². The fourth-order valence-corrected chi connectivity index (χ4v) is 4.00. The van der Waals surface area contributed by atoms with Gasteiger partial charge in [0.1, 0.15) is 12.0 Å². The normalized spacial score (nSPS) is 28.5. The molecule has 2 amide bonds. The summed E-state index contributed by atoms with van der Waals surface area (Å²) in [4.78, 5) is 33.3. The zero-order valence-electron chi connectivity index (χ0n) is 15.1. The highest BCUT2D eigenvalue weighted by atomic mass is 19.1. The van der Waals surface area contributed by atoms with Crippen molar-refractivity contribution in [3.63, 3.8) is 0 Å². The van der Waals surface area contributed by atoms with E-state index < -0.39 is 6.17 Å². The molecule has 2 fully saturated rings. The lowest BCUT2D eigenvalue weighted by Gasteiger charge is -2.39. The number of aromatic nitrogens is 2. The molecule has 3 aliphatic rings. The number of imidazole rings is 1. The number of hydrogen-bond donors (Lipinski definition) is 0. The van der Waals surface area contributed by atoms with E-state index in [4.69, 9.17) is 4.74 Å². The summed E-state index contributed by atoms with van der Waals surface area (Å²) in [6.45, 7) is 5.64. The smallest absolute Gasteiger partial charge is 0.228 e. The molecule has 1 aromatic rings. The first-order valence-electron chi connectivity index (χ1n) is 9.39. The van der Waals surface area contributed by atoms with Gasteiger partial charge in [-0.3, -0.25) is 9.59 Å². The predicted octanol–water partition coefficient (Wildman–Crippen LogP) is 0.936. The highest BCUT2D eigenvalue weighted by Gasteiger charge is 2.40. The number of halogens is 1. The molecule has 0 radical (unpaired) electrons. The number of alkyl halides is 1. The van der Waals surface area contributed by atoms with Crippen LogP contribution in [0.5, 0.6) is 0 Å². The third-order valence-corrected chi connectivity index (χ3v) is 5.69. The van der Waals surface area contributed by atoms with Crippen LogP contribution in [-0.4, -0.2) is 70.2 Å². The number of ether oxygens (including phenoxy) is 1. The maximum atomic E-state index is 13.1. The number of rotatable bonds is 3. The molecule has 1 atom stereocenters. The summed E-state index contributed by atoms with van der Waals surface area (Å²) in [5.74, 6) is 0.723. The molecule has 0 N–H and O–H groups in total. The zero-order valence-corrected chi connectivity index (χ0v) is 15.1. The summed E-state index contributed by atoms with van der Waals surface area (Å²) in [7, 11) is 0. The Balaban J connectivity index is 1.42. The van der Waals surface area contributed by atoms with Gasteiger partial charge in [0.15, 0.2) is 0 Å². The summed E-state index contributed by atoms with van der Waals surface area (Å²) in [5, 5.41) is 0. The molecule has 8 heteroatoms. The van der Waals surface area contributed by atoms with Crippen LogP contribution in [-0.2, 0) is 27.3 Å². The van der Waals surface area contributed by atoms with E-state index in [1.54, 1.807) is 0 Å². The Labute approximate surface area is 152 Å². The number of amides is 2. The van der Waals surface area contributed by atoms with E-state index in [1.165, 1.54) is 0 Å². The quantitative estimate of drug-likeness (QED) is 0.800. The number of hydrogen-bond acceptors (Lipinski definition) is 4. The van der Waals surface area contributed by atoms with Gasteiger partial charge in [-0.1, -0.05) is 0 Å². The highest BCUT2D eigenvalue weighted by Crippen LogP contribution is 2.35. The molecule has 142 valence electrons. The number of carbonyl (C=O) groups is 2. The van der Waals surface area contributed by atoms with Gasteiger partial charge in [-0.05, 0) is 19.8 Å². The van der Waals surface area contributed by atoms with Gasteiger partial charge in [0, 0.05) is 38.3 Å². The van der Waals surface area contributed by atoms with Crippen molar-refractivity contribution in [3.05, 3.63) is 17.7 Å². The second-order valence-corrected chi connectivity index (χ2v) is 7.43. The Morgan fingerprint density at radius 2 is 1.96 bits per heavy atom. The Hall–Kier alpha value is -1.96. The second-order valence-electron chi connectivity index (χ2n) is 7.43. The number of morpholine rings is 1. The fourth-order valence-electron chi connectivity index (χ4n) is 4.00. The average Bonchev–Trinajstić information content (AvgIpc) is 3.03. The standard InChI is InChI=1S/C18H25FN4O3/c1-12-17-20-15(10-16(24)21-4-6-26-7-5-21)11-22(17)2-3-23(12)18(25)13-8-14(19)9-13/h11-14H,2-10H2,1H3/t12-,13?,14?/m0/s1. The van der Waals surface area contributed by atoms with Crippen LogP contribution in [0.4, 0.5) is 4.39 Å². The molecule has 0 bridgehead atoms. The van der Waals surface area contributed by atoms with Crippen LogP contribution in [0, 0.1) is 5.92 Å². The van der Waals surface area contributed by atoms with Crippen molar-refractivity contribution in [2.45, 2.75) is 44.9 Å². The van der Waals surface area contributed by atoms with Crippen molar-refractivity contribution >= 4 is 11.8 Å². The predicted molar refractivity (Wildman–Crippen MR) is 91.1 cm³/mol. The van der Waals surface area contributed by atoms with E-state index in [-0.39, 0.29) is 30.2 Å². The summed E-state index contributed by atoms with van der Waals surface area (Å²) in [5.41, 5.74) is 0.741. The zero-order chi connectivity index (χ0) is 18.3. The summed E-state index contributed by atoms with van der Waals surface area (Å²) in [6, 6.07) is -0.151. The molecule has 0 unspecified atom stereocenters. The Morgan fingerprint density at radius 3 is 2.65 bits per heavy atom. The molecule has 7 nitrogen and oxygen atoms in total. The van der Waals surface area contributed by atoms with E-state index in [9.17, 15) is 14.0 Å². The van der Waals surface area contributed by atoms with Crippen LogP contribution in [0.3, 0.4) is 0 Å². The van der Waals surface area contributed by atoms with Crippen LogP contribution in [0.15, 0.2) is 6.20 Å². The minimum Gasteiger partial charge on any atom is -0.378 e. The molecule has 0 spiro atoms. The van der Waals surface area contributed by atoms with Crippen LogP contribution >= 0.6 is 0 Å². The molecule has 26 heavy (non-hydrogen) atoms. The molecule has 1 aliphatic carbocycles. The van der Waals surface area contributed by atoms with Gasteiger partial charge in [0.2, 0.25) is 11.8 Å². The molecule has 0 aromatic carbocycles. The second kappa shape index (κ2) is 6.98. The first-order valence-corrected chi connectivity index (χ1v) is 9.39. The van der Waals surface area contributed by atoms with Gasteiger partial charge in [0.25, 0.3) is 0 Å². The maximum absolute atomic E-state index is 13.1. The van der Waals surface area contributed by atoms with Gasteiger partial charge < -0.3 is 19.1 Å². The number of carbonyl (C=O) groups excluding carboxylic acids is 2. The van der Waals surface area contributed by atoms with Crippen LogP contribution < -0.4 is 0 Å². The number of nitrogens with zero attached hydrogens (tertiary/aromatic N) is 4. The average molecular weight is 364 g/mol. The first kappa shape index (κ1) is 17.5. The van der Waals surface area contributed by atoms with Gasteiger partial charge in [-0.2, -0.15) is 0 Å². The van der Waals surface area contributed by atoms with E-state index in [1.807, 2.05) is 27.5 Å². The maximum Gasteiger partial charge on any atom is 0.228 e. The Kier molecular flexibility index (Phi) is 4.69. The largest absolute Gasteiger partial charge is 0.378 e. The lowest BCUT2D eigenvalue weighted by molar-refractivity contribution is -0.144. The van der Waals surface area contributed by atoms with E-state index in [2.05, 4.69) is 4.98 Å². The van der Waals surface area contributed by atoms with Crippen molar-refractivity contribution in [1.29, 1.82) is 0 Å². The molecule has 1 saturated heterocycles. The van der Waals surface area contributed by atoms with Gasteiger partial charge >= 0.3 is 0 Å². The van der Waals surface area contributed by atoms with Crippen molar-refractivity contribution in [2.24, 2.45) is 5.92 Å². The minimum absolute atomic E-state index is 0.0339. The van der Waals surface area contributed by atoms with E-state index in [0.717, 1.165) is 11.5 Å². The van der Waals surface area contributed by atoms with Crippen molar-refractivity contribution in [2.75, 3.05) is 32.8 Å². The molecule has 1 saturated carbocycles. The summed E-state index contributed by atoms with van der Waals surface area (Å²) < 4.78 is 20.4. The highest BCUT2D eigenvalue weighted by molar-refractivity contribution is 5.80. The Morgan fingerprint density at radius 1 is 1.23 bits per heavy atom. The molecule has 3 heterocycles. The molecular weight excluding hydrogens is 339 g/mol. The lowest BCUT2D eigenvalue weighted by Crippen LogP contribution is -2.47. The van der Waals surface area contributed by atoms with Crippen LogP contribution in [0.25, 0.3) is 0 Å². The molecule has 4 rings (SSSR count). The summed E-state index contributed by atoms with van der Waals surface area (Å²) in [6.07, 6.45) is 2.05. The Bertz CT molecular complexity index is 695. The van der Waals surface area contributed by atoms with Crippen molar-refractivity contribution in [1.82, 2.24) is 19.4 Å². The number of fused-ring (bicyclic) bond motifs is 1.